The Balaban J connectivity index is 1.45. The van der Waals surface area contributed by atoms with Crippen LogP contribution in [0.2, 0.25) is 0 Å². The number of hydrogen-bond acceptors (Lipinski definition) is 7. The molecule has 0 bridgehead atoms. The van der Waals surface area contributed by atoms with Gasteiger partial charge in [0.05, 0.1) is 20.3 Å². The van der Waals surface area contributed by atoms with Gasteiger partial charge in [-0.05, 0) is 61.4 Å². The minimum absolute atomic E-state index is 0.197. The Morgan fingerprint density at radius 3 is 2.34 bits per heavy atom. The molecule has 0 spiro atoms. The molecule has 1 aliphatic heterocycles. The maximum absolute atomic E-state index is 12.5. The molecule has 2 aromatic carbocycles. The molecule has 1 saturated heterocycles. The smallest absolute Gasteiger partial charge is 0.331 e. The molecule has 2 aromatic rings. The van der Waals surface area contributed by atoms with Crippen molar-refractivity contribution >= 4 is 23.6 Å². The normalized spacial score (nSPS) is 13.6. The van der Waals surface area contributed by atoms with Gasteiger partial charge in [-0.1, -0.05) is 13.0 Å². The third-order valence-electron chi connectivity index (χ3n) is 5.55. The first-order chi connectivity index (χ1) is 17.0. The topological polar surface area (TPSA) is 77.5 Å². The van der Waals surface area contributed by atoms with Gasteiger partial charge in [0.15, 0.2) is 18.1 Å². The lowest BCUT2D eigenvalue weighted by Crippen LogP contribution is -2.49. The Hall–Kier alpha value is -3.68. The number of rotatable bonds is 11. The van der Waals surface area contributed by atoms with Crippen molar-refractivity contribution in [1.29, 1.82) is 0 Å². The molecule has 0 N–H and O–H groups in total. The second-order valence-electron chi connectivity index (χ2n) is 7.99. The van der Waals surface area contributed by atoms with E-state index in [1.54, 1.807) is 18.1 Å². The number of ether oxygens (including phenoxy) is 4. The van der Waals surface area contributed by atoms with Gasteiger partial charge < -0.3 is 28.7 Å². The van der Waals surface area contributed by atoms with E-state index in [9.17, 15) is 9.59 Å². The van der Waals surface area contributed by atoms with Gasteiger partial charge in [0.2, 0.25) is 0 Å². The average molecular weight is 483 g/mol. The van der Waals surface area contributed by atoms with Gasteiger partial charge in [0.1, 0.15) is 5.75 Å². The van der Waals surface area contributed by atoms with Crippen LogP contribution in [-0.4, -0.2) is 69.9 Å². The number of benzene rings is 2. The zero-order valence-corrected chi connectivity index (χ0v) is 20.7. The summed E-state index contributed by atoms with van der Waals surface area (Å²) in [6.07, 6.45) is 3.84. The molecule has 35 heavy (non-hydrogen) atoms. The molecule has 1 aliphatic rings. The largest absolute Gasteiger partial charge is 0.497 e. The standard InChI is InChI=1S/C27H34N2O6/c1-4-18-34-24-12-6-21(19-25(24)33-5-2)7-13-27(31)35-20-26(30)29-16-14-28(15-17-29)22-8-10-23(32-3)11-9-22/h6-13,19H,4-5,14-18,20H2,1-3H3/b13-7+. The molecule has 0 atom stereocenters. The second-order valence-corrected chi connectivity index (χ2v) is 7.99. The summed E-state index contributed by atoms with van der Waals surface area (Å²) in [5.74, 6) is 1.34. The first-order valence-corrected chi connectivity index (χ1v) is 11.9. The van der Waals surface area contributed by atoms with Crippen LogP contribution < -0.4 is 19.1 Å². The molecule has 8 nitrogen and oxygen atoms in total. The highest BCUT2D eigenvalue weighted by atomic mass is 16.5. The second kappa shape index (κ2) is 13.3. The van der Waals surface area contributed by atoms with Crippen molar-refractivity contribution in [2.24, 2.45) is 0 Å². The van der Waals surface area contributed by atoms with E-state index < -0.39 is 5.97 Å². The predicted molar refractivity (Wildman–Crippen MR) is 135 cm³/mol. The van der Waals surface area contributed by atoms with Crippen LogP contribution in [0, 0.1) is 0 Å². The number of anilines is 1. The van der Waals surface area contributed by atoms with Crippen LogP contribution in [-0.2, 0) is 14.3 Å². The summed E-state index contributed by atoms with van der Waals surface area (Å²) in [5, 5.41) is 0. The van der Waals surface area contributed by atoms with Crippen LogP contribution in [0.15, 0.2) is 48.5 Å². The van der Waals surface area contributed by atoms with E-state index in [4.69, 9.17) is 18.9 Å². The van der Waals surface area contributed by atoms with E-state index in [1.807, 2.05) is 56.3 Å². The average Bonchev–Trinajstić information content (AvgIpc) is 2.90. The summed E-state index contributed by atoms with van der Waals surface area (Å²) < 4.78 is 21.7. The molecule has 0 aliphatic carbocycles. The lowest BCUT2D eigenvalue weighted by atomic mass is 10.2. The lowest BCUT2D eigenvalue weighted by molar-refractivity contribution is -0.148. The minimum atomic E-state index is -0.570. The van der Waals surface area contributed by atoms with Crippen molar-refractivity contribution in [2.45, 2.75) is 20.3 Å². The van der Waals surface area contributed by atoms with Gasteiger partial charge >= 0.3 is 5.97 Å². The van der Waals surface area contributed by atoms with E-state index >= 15 is 0 Å². The maximum Gasteiger partial charge on any atom is 0.331 e. The number of carbonyl (C=O) groups is 2. The van der Waals surface area contributed by atoms with Gasteiger partial charge in [-0.3, -0.25) is 4.79 Å². The third-order valence-corrected chi connectivity index (χ3v) is 5.55. The van der Waals surface area contributed by atoms with Crippen molar-refractivity contribution in [2.75, 3.05) is 58.0 Å². The summed E-state index contributed by atoms with van der Waals surface area (Å²) in [4.78, 5) is 28.6. The summed E-state index contributed by atoms with van der Waals surface area (Å²) in [6.45, 7) is 7.35. The Morgan fingerprint density at radius 2 is 1.69 bits per heavy atom. The first-order valence-electron chi connectivity index (χ1n) is 11.9. The molecular formula is C27H34N2O6. The fourth-order valence-electron chi connectivity index (χ4n) is 3.67. The first kappa shape index (κ1) is 25.9. The zero-order valence-electron chi connectivity index (χ0n) is 20.7. The number of amides is 1. The quantitative estimate of drug-likeness (QED) is 0.356. The fraction of sp³-hybridized carbons (Fsp3) is 0.407. The lowest BCUT2D eigenvalue weighted by Gasteiger charge is -2.36. The van der Waals surface area contributed by atoms with Crippen LogP contribution in [0.4, 0.5) is 5.69 Å². The molecule has 188 valence electrons. The van der Waals surface area contributed by atoms with Crippen LogP contribution in [0.25, 0.3) is 6.08 Å². The Morgan fingerprint density at radius 1 is 0.943 bits per heavy atom. The van der Waals surface area contributed by atoms with E-state index in [2.05, 4.69) is 4.90 Å². The predicted octanol–water partition coefficient (Wildman–Crippen LogP) is 3.79. The van der Waals surface area contributed by atoms with Crippen LogP contribution >= 0.6 is 0 Å². The highest BCUT2D eigenvalue weighted by Crippen LogP contribution is 2.29. The van der Waals surface area contributed by atoms with Gasteiger partial charge in [-0.2, -0.15) is 0 Å². The third kappa shape index (κ3) is 7.67. The highest BCUT2D eigenvalue weighted by Gasteiger charge is 2.22. The fourth-order valence-corrected chi connectivity index (χ4v) is 3.67. The van der Waals surface area contributed by atoms with E-state index in [-0.39, 0.29) is 12.5 Å². The van der Waals surface area contributed by atoms with Gasteiger partial charge in [0.25, 0.3) is 5.91 Å². The molecule has 0 saturated carbocycles. The minimum Gasteiger partial charge on any atom is -0.497 e. The molecule has 0 unspecified atom stereocenters. The van der Waals surface area contributed by atoms with Crippen molar-refractivity contribution in [1.82, 2.24) is 4.90 Å². The Kier molecular flexibility index (Phi) is 9.83. The molecule has 1 amide bonds. The monoisotopic (exact) mass is 482 g/mol. The summed E-state index contributed by atoms with van der Waals surface area (Å²) in [5.41, 5.74) is 1.86. The van der Waals surface area contributed by atoms with Crippen molar-refractivity contribution in [3.8, 4) is 17.2 Å². The van der Waals surface area contributed by atoms with Gasteiger partial charge in [-0.15, -0.1) is 0 Å². The molecule has 1 fully saturated rings. The number of hydrogen-bond donors (Lipinski definition) is 0. The van der Waals surface area contributed by atoms with Crippen LogP contribution in [0.5, 0.6) is 17.2 Å². The van der Waals surface area contributed by atoms with Crippen LogP contribution in [0.3, 0.4) is 0 Å². The van der Waals surface area contributed by atoms with E-state index in [1.165, 1.54) is 6.08 Å². The molecule has 8 heteroatoms. The number of carbonyl (C=O) groups excluding carboxylic acids is 2. The van der Waals surface area contributed by atoms with Crippen molar-refractivity contribution < 1.29 is 28.5 Å². The Labute approximate surface area is 207 Å². The van der Waals surface area contributed by atoms with E-state index in [0.29, 0.717) is 50.9 Å². The summed E-state index contributed by atoms with van der Waals surface area (Å²) in [7, 11) is 1.64. The molecule has 3 rings (SSSR count). The SMILES string of the molecule is CCCOc1ccc(/C=C/C(=O)OCC(=O)N2CCN(c3ccc(OC)cc3)CC2)cc1OCC. The summed E-state index contributed by atoms with van der Waals surface area (Å²) in [6, 6.07) is 13.3. The van der Waals surface area contributed by atoms with Crippen molar-refractivity contribution in [3.05, 3.63) is 54.1 Å². The van der Waals surface area contributed by atoms with Gasteiger partial charge in [-0.25, -0.2) is 4.79 Å². The van der Waals surface area contributed by atoms with E-state index in [0.717, 1.165) is 23.4 Å². The number of esters is 1. The number of piperazine rings is 1. The molecule has 1 heterocycles. The zero-order chi connectivity index (χ0) is 25.0. The number of methoxy groups -OCH3 is 1. The highest BCUT2D eigenvalue weighted by molar-refractivity contribution is 5.89. The van der Waals surface area contributed by atoms with Crippen LogP contribution in [0.1, 0.15) is 25.8 Å². The summed E-state index contributed by atoms with van der Waals surface area (Å²) >= 11 is 0. The van der Waals surface area contributed by atoms with Crippen molar-refractivity contribution in [3.63, 3.8) is 0 Å². The Bertz CT molecular complexity index is 997. The molecule has 0 aromatic heterocycles. The maximum atomic E-state index is 12.5. The number of nitrogens with zero attached hydrogens (tertiary/aromatic N) is 2. The van der Waals surface area contributed by atoms with Gasteiger partial charge in [0, 0.05) is 37.9 Å². The molecule has 0 radical (unpaired) electrons. The molecular weight excluding hydrogens is 448 g/mol.